The molecule has 0 saturated heterocycles. The predicted octanol–water partition coefficient (Wildman–Crippen LogP) is 4.10. The Morgan fingerprint density at radius 3 is 2.75 bits per heavy atom. The number of halogens is 2. The van der Waals surface area contributed by atoms with Crippen molar-refractivity contribution in [2.24, 2.45) is 5.10 Å². The van der Waals surface area contributed by atoms with Gasteiger partial charge in [0.15, 0.2) is 0 Å². The van der Waals surface area contributed by atoms with E-state index in [0.717, 1.165) is 11.3 Å². The molecule has 24 heavy (non-hydrogen) atoms. The van der Waals surface area contributed by atoms with Gasteiger partial charge < -0.3 is 4.74 Å². The lowest BCUT2D eigenvalue weighted by molar-refractivity contribution is -0.121. The van der Waals surface area contributed by atoms with E-state index < -0.39 is 0 Å². The van der Waals surface area contributed by atoms with Crippen LogP contribution in [0.1, 0.15) is 24.0 Å². The molecule has 0 unspecified atom stereocenters. The molecule has 2 rings (SSSR count). The van der Waals surface area contributed by atoms with Crippen LogP contribution < -0.4 is 10.2 Å². The zero-order chi connectivity index (χ0) is 17.4. The molecule has 0 aliphatic heterocycles. The average molecular weight is 349 g/mol. The Morgan fingerprint density at radius 2 is 2.04 bits per heavy atom. The number of carbonyl (C=O) groups is 1. The second-order valence-electron chi connectivity index (χ2n) is 5.21. The largest absolute Gasteiger partial charge is 0.493 e. The van der Waals surface area contributed by atoms with Gasteiger partial charge in [0.05, 0.1) is 12.8 Å². The van der Waals surface area contributed by atoms with Crippen LogP contribution in [0.3, 0.4) is 0 Å². The summed E-state index contributed by atoms with van der Waals surface area (Å²) in [4.78, 5) is 11.7. The number of ether oxygens (including phenoxy) is 1. The Kier molecular flexibility index (Phi) is 6.75. The lowest BCUT2D eigenvalue weighted by Gasteiger charge is -2.08. The first-order valence-corrected chi connectivity index (χ1v) is 7.89. The molecule has 1 amide bonds. The number of aryl methyl sites for hydroxylation is 1. The van der Waals surface area contributed by atoms with Gasteiger partial charge in [0.25, 0.3) is 0 Å². The Bertz CT molecular complexity index is 717. The Labute approximate surface area is 145 Å². The minimum Gasteiger partial charge on any atom is -0.493 e. The number of hydrogen-bond donors (Lipinski definition) is 1. The highest BCUT2D eigenvalue weighted by molar-refractivity contribution is 6.30. The molecule has 126 valence electrons. The van der Waals surface area contributed by atoms with Crippen molar-refractivity contribution >= 4 is 23.7 Å². The molecule has 6 heteroatoms. The second kappa shape index (κ2) is 9.03. The first kappa shape index (κ1) is 17.9. The molecule has 2 aromatic rings. The van der Waals surface area contributed by atoms with Gasteiger partial charge in [0.2, 0.25) is 5.91 Å². The lowest BCUT2D eigenvalue weighted by Crippen LogP contribution is -2.18. The first-order chi connectivity index (χ1) is 11.5. The highest BCUT2D eigenvalue weighted by atomic mass is 35.5. The summed E-state index contributed by atoms with van der Waals surface area (Å²) in [5, 5.41) is 4.49. The molecule has 0 aliphatic carbocycles. The number of nitrogens with zero attached hydrogens (tertiary/aromatic N) is 1. The van der Waals surface area contributed by atoms with Crippen molar-refractivity contribution in [3.05, 3.63) is 64.4 Å². The van der Waals surface area contributed by atoms with Crippen molar-refractivity contribution in [2.75, 3.05) is 6.61 Å². The maximum atomic E-state index is 12.7. The highest BCUT2D eigenvalue weighted by Gasteiger charge is 2.02. The summed E-state index contributed by atoms with van der Waals surface area (Å²) in [6.07, 6.45) is 2.33. The number of rotatable bonds is 7. The minimum absolute atomic E-state index is 0.204. The van der Waals surface area contributed by atoms with Gasteiger partial charge in [-0.3, -0.25) is 4.79 Å². The van der Waals surface area contributed by atoms with E-state index in [1.165, 1.54) is 18.3 Å². The average Bonchev–Trinajstić information content (AvgIpc) is 2.55. The lowest BCUT2D eigenvalue weighted by atomic mass is 10.2. The number of benzene rings is 2. The molecule has 0 aliphatic rings. The van der Waals surface area contributed by atoms with E-state index >= 15 is 0 Å². The van der Waals surface area contributed by atoms with Crippen molar-refractivity contribution in [3.8, 4) is 5.75 Å². The van der Waals surface area contributed by atoms with Gasteiger partial charge in [-0.1, -0.05) is 23.7 Å². The van der Waals surface area contributed by atoms with E-state index in [0.29, 0.717) is 30.0 Å². The molecule has 0 spiro atoms. The maximum Gasteiger partial charge on any atom is 0.240 e. The zero-order valence-corrected chi connectivity index (χ0v) is 14.0. The van der Waals surface area contributed by atoms with Gasteiger partial charge in [-0.25, -0.2) is 9.82 Å². The molecule has 0 bridgehead atoms. The van der Waals surface area contributed by atoms with E-state index in [-0.39, 0.29) is 11.7 Å². The molecule has 0 radical (unpaired) electrons. The fourth-order valence-corrected chi connectivity index (χ4v) is 2.20. The number of hydrazone groups is 1. The predicted molar refractivity (Wildman–Crippen MR) is 93.1 cm³/mol. The molecule has 4 nitrogen and oxygen atoms in total. The zero-order valence-electron chi connectivity index (χ0n) is 13.3. The minimum atomic E-state index is -0.313. The summed E-state index contributed by atoms with van der Waals surface area (Å²) >= 11 is 5.88. The van der Waals surface area contributed by atoms with E-state index in [2.05, 4.69) is 10.5 Å². The summed E-state index contributed by atoms with van der Waals surface area (Å²) < 4.78 is 18.4. The molecular weight excluding hydrogens is 331 g/mol. The normalized spacial score (nSPS) is 10.8. The third-order valence-electron chi connectivity index (χ3n) is 3.22. The topological polar surface area (TPSA) is 50.7 Å². The van der Waals surface area contributed by atoms with Gasteiger partial charge >= 0.3 is 0 Å². The van der Waals surface area contributed by atoms with Gasteiger partial charge in [-0.05, 0) is 54.8 Å². The van der Waals surface area contributed by atoms with Crippen LogP contribution in [0.4, 0.5) is 4.39 Å². The Balaban J connectivity index is 1.67. The molecule has 0 saturated carbocycles. The van der Waals surface area contributed by atoms with E-state index in [1.54, 1.807) is 18.2 Å². The fourth-order valence-electron chi connectivity index (χ4n) is 1.97. The number of nitrogens with one attached hydrogen (secondary N) is 1. The first-order valence-electron chi connectivity index (χ1n) is 7.51. The van der Waals surface area contributed by atoms with Crippen molar-refractivity contribution in [1.29, 1.82) is 0 Å². The smallest absolute Gasteiger partial charge is 0.240 e. The van der Waals surface area contributed by atoms with Crippen LogP contribution in [0.5, 0.6) is 5.75 Å². The molecular formula is C18H18ClFN2O2. The third kappa shape index (κ3) is 6.01. The summed E-state index contributed by atoms with van der Waals surface area (Å²) in [6, 6.07) is 11.2. The van der Waals surface area contributed by atoms with Crippen LogP contribution in [0.15, 0.2) is 47.6 Å². The fraction of sp³-hybridized carbons (Fsp3) is 0.222. The van der Waals surface area contributed by atoms with Gasteiger partial charge in [-0.15, -0.1) is 0 Å². The molecule has 0 aromatic heterocycles. The van der Waals surface area contributed by atoms with Crippen LogP contribution in [0, 0.1) is 12.7 Å². The van der Waals surface area contributed by atoms with Crippen LogP contribution in [0.2, 0.25) is 5.02 Å². The van der Waals surface area contributed by atoms with Crippen LogP contribution in [0.25, 0.3) is 0 Å². The van der Waals surface area contributed by atoms with E-state index in [9.17, 15) is 9.18 Å². The highest BCUT2D eigenvalue weighted by Crippen LogP contribution is 2.21. The van der Waals surface area contributed by atoms with Crippen LogP contribution >= 0.6 is 11.6 Å². The summed E-state index contributed by atoms with van der Waals surface area (Å²) in [5.41, 5.74) is 4.09. The second-order valence-corrected chi connectivity index (χ2v) is 5.64. The number of hydrogen-bond acceptors (Lipinski definition) is 3. The SMILES string of the molecule is Cc1cc(Cl)ccc1OCCCC(=O)NN=Cc1ccc(F)cc1. The standard InChI is InChI=1S/C18H18ClFN2O2/c1-13-11-15(19)6-9-17(13)24-10-2-3-18(23)22-21-12-14-4-7-16(20)8-5-14/h4-9,11-12H,2-3,10H2,1H3,(H,22,23). The molecule has 2 aromatic carbocycles. The van der Waals surface area contributed by atoms with E-state index in [4.69, 9.17) is 16.3 Å². The molecule has 1 N–H and O–H groups in total. The van der Waals surface area contributed by atoms with Gasteiger partial charge in [0, 0.05) is 11.4 Å². The maximum absolute atomic E-state index is 12.7. The van der Waals surface area contributed by atoms with Crippen molar-refractivity contribution in [1.82, 2.24) is 5.43 Å². The van der Waals surface area contributed by atoms with Gasteiger partial charge in [-0.2, -0.15) is 5.10 Å². The number of amides is 1. The van der Waals surface area contributed by atoms with Crippen LogP contribution in [-0.4, -0.2) is 18.7 Å². The van der Waals surface area contributed by atoms with Crippen molar-refractivity contribution < 1.29 is 13.9 Å². The summed E-state index contributed by atoms with van der Waals surface area (Å²) in [7, 11) is 0. The molecule has 0 fully saturated rings. The third-order valence-corrected chi connectivity index (χ3v) is 3.45. The summed E-state index contributed by atoms with van der Waals surface area (Å²) in [6.45, 7) is 2.34. The Morgan fingerprint density at radius 1 is 1.29 bits per heavy atom. The number of carbonyl (C=O) groups excluding carboxylic acids is 1. The molecule has 0 atom stereocenters. The monoisotopic (exact) mass is 348 g/mol. The molecule has 0 heterocycles. The summed E-state index contributed by atoms with van der Waals surface area (Å²) in [5.74, 6) is 0.242. The van der Waals surface area contributed by atoms with Crippen molar-refractivity contribution in [2.45, 2.75) is 19.8 Å². The Hall–Kier alpha value is -2.40. The quantitative estimate of drug-likeness (QED) is 0.465. The van der Waals surface area contributed by atoms with Crippen molar-refractivity contribution in [3.63, 3.8) is 0 Å². The van der Waals surface area contributed by atoms with Gasteiger partial charge in [0.1, 0.15) is 11.6 Å². The van der Waals surface area contributed by atoms with Crippen LogP contribution in [-0.2, 0) is 4.79 Å². The van der Waals surface area contributed by atoms with E-state index in [1.807, 2.05) is 19.1 Å².